The van der Waals surface area contributed by atoms with E-state index in [0.29, 0.717) is 18.8 Å². The van der Waals surface area contributed by atoms with Gasteiger partial charge in [-0.15, -0.1) is 0 Å². The van der Waals surface area contributed by atoms with Crippen LogP contribution in [0.2, 0.25) is 0 Å². The van der Waals surface area contributed by atoms with Crippen molar-refractivity contribution in [2.75, 3.05) is 13.1 Å². The number of nitrogens with one attached hydrogen (secondary N) is 1. The molecule has 7 rings (SSSR count). The molecule has 2 bridgehead atoms. The number of hydrogen-bond acceptors (Lipinski definition) is 5. The molecule has 7 heteroatoms. The Balaban J connectivity index is 1.21. The Morgan fingerprint density at radius 3 is 2.63 bits per heavy atom. The zero-order chi connectivity index (χ0) is 26.3. The van der Waals surface area contributed by atoms with Gasteiger partial charge in [0.05, 0.1) is 22.8 Å². The summed E-state index contributed by atoms with van der Waals surface area (Å²) >= 11 is 0. The fraction of sp³-hybridized carbons (Fsp3) is 0.613. The lowest BCUT2D eigenvalue weighted by Crippen LogP contribution is -2.78. The van der Waals surface area contributed by atoms with Gasteiger partial charge >= 0.3 is 0 Å². The molecule has 0 aromatic heterocycles. The predicted molar refractivity (Wildman–Crippen MR) is 148 cm³/mol. The SMILES string of the molecule is CC(C)Cc1ccccc1CS(=O)(=O)N[C@@H]1CC[C@@]2(O)[C@H]3Cc4cccc5c4[C@@]2(CCN3CC2CC2)[C@H]1O5. The van der Waals surface area contributed by atoms with Gasteiger partial charge in [-0.2, -0.15) is 0 Å². The molecule has 0 radical (unpaired) electrons. The Morgan fingerprint density at radius 2 is 1.87 bits per heavy atom. The van der Waals surface area contributed by atoms with E-state index in [0.717, 1.165) is 60.7 Å². The Kier molecular flexibility index (Phi) is 5.80. The number of sulfonamides is 1. The molecular weight excluding hydrogens is 496 g/mol. The topological polar surface area (TPSA) is 78.9 Å². The highest BCUT2D eigenvalue weighted by atomic mass is 32.2. The van der Waals surface area contributed by atoms with Crippen LogP contribution in [-0.2, 0) is 34.0 Å². The van der Waals surface area contributed by atoms with Crippen LogP contribution in [0.15, 0.2) is 42.5 Å². The summed E-state index contributed by atoms with van der Waals surface area (Å²) in [5, 5.41) is 12.6. The Morgan fingerprint density at radius 1 is 1.08 bits per heavy atom. The lowest BCUT2D eigenvalue weighted by atomic mass is 9.48. The standard InChI is InChI=1S/C31H40N2O4S/c1-20(2)16-22-6-3-4-7-24(22)19-38(35,36)32-25-12-13-31(34)27-17-23-8-5-9-26-28(23)30(31,29(25)37-26)14-15-33(27)18-21-10-11-21/h3-9,20-21,25,27,29,32,34H,10-19H2,1-2H3/t25-,27-,29+,30+,31-/m1/s1. The maximum absolute atomic E-state index is 13.6. The third-order valence-electron chi connectivity index (χ3n) is 10.1. The first-order valence-corrected chi connectivity index (χ1v) is 16.2. The summed E-state index contributed by atoms with van der Waals surface area (Å²) in [4.78, 5) is 2.55. The summed E-state index contributed by atoms with van der Waals surface area (Å²) < 4.78 is 37.0. The van der Waals surface area contributed by atoms with Gasteiger partial charge in [0.15, 0.2) is 0 Å². The zero-order valence-corrected chi connectivity index (χ0v) is 23.3. The van der Waals surface area contributed by atoms with E-state index in [9.17, 15) is 13.5 Å². The van der Waals surface area contributed by atoms with Crippen molar-refractivity contribution in [1.82, 2.24) is 9.62 Å². The molecule has 1 saturated heterocycles. The fourth-order valence-electron chi connectivity index (χ4n) is 8.39. The van der Waals surface area contributed by atoms with E-state index in [4.69, 9.17) is 4.74 Å². The Bertz CT molecular complexity index is 1360. The van der Waals surface area contributed by atoms with Crippen LogP contribution in [0.4, 0.5) is 0 Å². The van der Waals surface area contributed by atoms with E-state index < -0.39 is 27.1 Å². The van der Waals surface area contributed by atoms with Crippen molar-refractivity contribution in [1.29, 1.82) is 0 Å². The van der Waals surface area contributed by atoms with Gasteiger partial charge in [-0.1, -0.05) is 50.2 Å². The average Bonchev–Trinajstić information content (AvgIpc) is 3.60. The second-order valence-corrected chi connectivity index (χ2v) is 14.8. The largest absolute Gasteiger partial charge is 0.487 e. The minimum atomic E-state index is -3.62. The predicted octanol–water partition coefficient (Wildman–Crippen LogP) is 3.94. The summed E-state index contributed by atoms with van der Waals surface area (Å²) in [5.41, 5.74) is 2.91. The van der Waals surface area contributed by atoms with Crippen molar-refractivity contribution >= 4 is 10.0 Å². The number of nitrogens with zero attached hydrogens (tertiary/aromatic N) is 1. The van der Waals surface area contributed by atoms with Crippen LogP contribution in [-0.4, -0.2) is 55.3 Å². The number of rotatable bonds is 8. The molecule has 3 fully saturated rings. The van der Waals surface area contributed by atoms with Gasteiger partial charge in [0.25, 0.3) is 0 Å². The second-order valence-electron chi connectivity index (χ2n) is 13.0. The minimum absolute atomic E-state index is 0.0353. The maximum Gasteiger partial charge on any atom is 0.216 e. The average molecular weight is 537 g/mol. The lowest BCUT2D eigenvalue weighted by Gasteiger charge is -2.64. The summed E-state index contributed by atoms with van der Waals surface area (Å²) in [6.45, 7) is 6.31. The number of benzene rings is 2. The van der Waals surface area contributed by atoms with Crippen LogP contribution in [0.1, 0.15) is 68.2 Å². The summed E-state index contributed by atoms with van der Waals surface area (Å²) in [6, 6.07) is 13.8. The van der Waals surface area contributed by atoms with Gasteiger partial charge in [0, 0.05) is 18.2 Å². The highest BCUT2D eigenvalue weighted by Crippen LogP contribution is 2.64. The first kappa shape index (κ1) is 25.1. The smallest absolute Gasteiger partial charge is 0.216 e. The molecule has 2 aromatic carbocycles. The van der Waals surface area contributed by atoms with Gasteiger partial charge in [-0.25, -0.2) is 13.1 Å². The highest BCUT2D eigenvalue weighted by Gasteiger charge is 2.72. The molecule has 5 atom stereocenters. The molecule has 2 saturated carbocycles. The van der Waals surface area contributed by atoms with Crippen LogP contribution >= 0.6 is 0 Å². The molecule has 2 heterocycles. The lowest BCUT2D eigenvalue weighted by molar-refractivity contribution is -0.190. The molecule has 3 aliphatic carbocycles. The number of piperidine rings is 1. The van der Waals surface area contributed by atoms with Crippen molar-refractivity contribution in [2.45, 2.75) is 93.7 Å². The molecule has 0 amide bonds. The van der Waals surface area contributed by atoms with Gasteiger partial charge < -0.3 is 9.84 Å². The Hall–Kier alpha value is -1.93. The highest BCUT2D eigenvalue weighted by molar-refractivity contribution is 7.88. The molecule has 0 unspecified atom stereocenters. The van der Waals surface area contributed by atoms with Crippen molar-refractivity contribution in [3.8, 4) is 5.75 Å². The fourth-order valence-corrected chi connectivity index (χ4v) is 9.86. The van der Waals surface area contributed by atoms with Crippen molar-refractivity contribution in [3.63, 3.8) is 0 Å². The van der Waals surface area contributed by atoms with Gasteiger partial charge in [-0.05, 0) is 86.1 Å². The number of aliphatic hydroxyl groups is 1. The third kappa shape index (κ3) is 3.80. The van der Waals surface area contributed by atoms with Crippen LogP contribution in [0.25, 0.3) is 0 Å². The number of likely N-dealkylation sites (tertiary alicyclic amines) is 1. The molecule has 204 valence electrons. The minimum Gasteiger partial charge on any atom is -0.487 e. The van der Waals surface area contributed by atoms with Crippen molar-refractivity contribution in [2.24, 2.45) is 11.8 Å². The van der Waals surface area contributed by atoms with E-state index in [1.807, 2.05) is 30.3 Å². The molecule has 6 nitrogen and oxygen atoms in total. The quantitative estimate of drug-likeness (QED) is 0.535. The third-order valence-corrected chi connectivity index (χ3v) is 11.4. The van der Waals surface area contributed by atoms with Crippen LogP contribution in [0, 0.1) is 11.8 Å². The zero-order valence-electron chi connectivity index (χ0n) is 22.5. The van der Waals surface area contributed by atoms with E-state index in [1.54, 1.807) is 0 Å². The normalized spacial score (nSPS) is 33.7. The van der Waals surface area contributed by atoms with Gasteiger partial charge in [0.1, 0.15) is 11.9 Å². The molecular formula is C31H40N2O4S. The van der Waals surface area contributed by atoms with Gasteiger partial charge in [0.2, 0.25) is 10.0 Å². The van der Waals surface area contributed by atoms with Gasteiger partial charge in [-0.3, -0.25) is 4.90 Å². The van der Waals surface area contributed by atoms with Crippen LogP contribution in [0.3, 0.4) is 0 Å². The molecule has 1 spiro atoms. The summed E-state index contributed by atoms with van der Waals surface area (Å²) in [7, 11) is -3.62. The van der Waals surface area contributed by atoms with Crippen LogP contribution in [0.5, 0.6) is 5.75 Å². The summed E-state index contributed by atoms with van der Waals surface area (Å²) in [6.07, 6.45) is 5.85. The van der Waals surface area contributed by atoms with E-state index in [2.05, 4.69) is 35.6 Å². The Labute approximate surface area is 226 Å². The number of hydrogen-bond donors (Lipinski definition) is 2. The first-order chi connectivity index (χ1) is 18.2. The van der Waals surface area contributed by atoms with Crippen molar-refractivity contribution < 1.29 is 18.3 Å². The second kappa shape index (κ2) is 8.79. The summed E-state index contributed by atoms with van der Waals surface area (Å²) in [5.74, 6) is 2.02. The van der Waals surface area contributed by atoms with E-state index in [-0.39, 0.29) is 17.8 Å². The molecule has 2 aromatic rings. The van der Waals surface area contributed by atoms with E-state index >= 15 is 0 Å². The van der Waals surface area contributed by atoms with E-state index in [1.165, 1.54) is 18.4 Å². The molecule has 38 heavy (non-hydrogen) atoms. The maximum atomic E-state index is 13.6. The monoisotopic (exact) mass is 536 g/mol. The van der Waals surface area contributed by atoms with Crippen molar-refractivity contribution in [3.05, 3.63) is 64.7 Å². The molecule has 2 aliphatic heterocycles. The number of ether oxygens (including phenoxy) is 1. The molecule has 5 aliphatic rings. The molecule has 2 N–H and O–H groups in total. The first-order valence-electron chi connectivity index (χ1n) is 14.5. The van der Waals surface area contributed by atoms with Crippen LogP contribution < -0.4 is 9.46 Å².